The van der Waals surface area contributed by atoms with Gasteiger partial charge < -0.3 is 4.90 Å². The summed E-state index contributed by atoms with van der Waals surface area (Å²) in [7, 11) is -3.49. The predicted octanol–water partition coefficient (Wildman–Crippen LogP) is 4.14. The molecule has 0 unspecified atom stereocenters. The fourth-order valence-corrected chi connectivity index (χ4v) is 5.85. The Morgan fingerprint density at radius 1 is 0.962 bits per heavy atom. The molecule has 0 saturated carbocycles. The molecule has 2 aromatic carbocycles. The van der Waals surface area contributed by atoms with E-state index in [0.29, 0.717) is 35.5 Å². The summed E-state index contributed by atoms with van der Waals surface area (Å²) >= 11 is 3.43. The van der Waals surface area contributed by atoms with Crippen LogP contribution in [0.3, 0.4) is 0 Å². The summed E-state index contributed by atoms with van der Waals surface area (Å²) < 4.78 is 28.4. The van der Waals surface area contributed by atoms with Crippen LogP contribution in [0.1, 0.15) is 23.6 Å². The number of rotatable bonds is 4. The number of aryl methyl sites for hydroxylation is 3. The lowest BCUT2D eigenvalue weighted by Gasteiger charge is -2.35. The Morgan fingerprint density at radius 3 is 2.12 bits per heavy atom. The zero-order valence-electron chi connectivity index (χ0n) is 15.5. The normalized spacial score (nSPS) is 16.1. The highest BCUT2D eigenvalue weighted by Crippen LogP contribution is 2.29. The van der Waals surface area contributed by atoms with Crippen LogP contribution >= 0.6 is 15.9 Å². The monoisotopic (exact) mass is 436 g/mol. The summed E-state index contributed by atoms with van der Waals surface area (Å²) in [5.41, 5.74) is 4.54. The van der Waals surface area contributed by atoms with E-state index in [0.717, 1.165) is 23.2 Å². The second-order valence-electron chi connectivity index (χ2n) is 6.78. The van der Waals surface area contributed by atoms with Crippen molar-refractivity contribution >= 4 is 31.6 Å². The Balaban J connectivity index is 1.75. The molecular weight excluding hydrogens is 412 g/mol. The van der Waals surface area contributed by atoms with Gasteiger partial charge in [-0.2, -0.15) is 4.31 Å². The molecule has 3 rings (SSSR count). The maximum atomic E-state index is 13.1. The molecule has 0 aromatic heterocycles. The quantitative estimate of drug-likeness (QED) is 0.722. The van der Waals surface area contributed by atoms with E-state index >= 15 is 0 Å². The van der Waals surface area contributed by atoms with Crippen molar-refractivity contribution in [3.8, 4) is 0 Å². The van der Waals surface area contributed by atoms with Gasteiger partial charge in [0.05, 0.1) is 4.90 Å². The van der Waals surface area contributed by atoms with Crippen LogP contribution in [-0.2, 0) is 16.4 Å². The lowest BCUT2D eigenvalue weighted by atomic mass is 10.1. The molecular formula is C20H25BrN2O2S. The van der Waals surface area contributed by atoms with Gasteiger partial charge in [-0.1, -0.05) is 19.1 Å². The second kappa shape index (κ2) is 7.71. The maximum absolute atomic E-state index is 13.1. The standard InChI is InChI=1S/C20H25BrN2O2S/c1-4-17-5-7-18(8-6-17)22-9-11-23(12-10-22)26(24,25)20-14-16(3)15(2)13-19(20)21/h5-8,13-14H,4,9-12H2,1-3H3. The van der Waals surface area contributed by atoms with Gasteiger partial charge in [-0.15, -0.1) is 0 Å². The molecule has 1 fully saturated rings. The van der Waals surface area contributed by atoms with Gasteiger partial charge in [-0.25, -0.2) is 8.42 Å². The van der Waals surface area contributed by atoms with E-state index in [1.807, 2.05) is 19.9 Å². The van der Waals surface area contributed by atoms with Crippen LogP contribution in [0.15, 0.2) is 45.8 Å². The van der Waals surface area contributed by atoms with Crippen LogP contribution in [0, 0.1) is 13.8 Å². The van der Waals surface area contributed by atoms with E-state index in [4.69, 9.17) is 0 Å². The summed E-state index contributed by atoms with van der Waals surface area (Å²) in [5, 5.41) is 0. The molecule has 1 heterocycles. The van der Waals surface area contributed by atoms with Crippen molar-refractivity contribution in [1.82, 2.24) is 4.31 Å². The van der Waals surface area contributed by atoms with Crippen molar-refractivity contribution in [3.63, 3.8) is 0 Å². The predicted molar refractivity (Wildman–Crippen MR) is 110 cm³/mol. The average molecular weight is 437 g/mol. The Hall–Kier alpha value is -1.37. The van der Waals surface area contributed by atoms with E-state index in [9.17, 15) is 8.42 Å². The molecule has 6 heteroatoms. The first-order valence-corrected chi connectivity index (χ1v) is 11.2. The van der Waals surface area contributed by atoms with Crippen molar-refractivity contribution in [2.24, 2.45) is 0 Å². The highest BCUT2D eigenvalue weighted by Gasteiger charge is 2.30. The van der Waals surface area contributed by atoms with Crippen molar-refractivity contribution in [2.75, 3.05) is 31.1 Å². The van der Waals surface area contributed by atoms with Crippen LogP contribution in [0.5, 0.6) is 0 Å². The minimum atomic E-state index is -3.49. The van der Waals surface area contributed by atoms with Crippen molar-refractivity contribution < 1.29 is 8.42 Å². The molecule has 1 aliphatic heterocycles. The van der Waals surface area contributed by atoms with Gasteiger partial charge in [0.25, 0.3) is 0 Å². The minimum absolute atomic E-state index is 0.362. The van der Waals surface area contributed by atoms with Gasteiger partial charge in [-0.05, 0) is 77.2 Å². The van der Waals surface area contributed by atoms with E-state index in [1.165, 1.54) is 5.56 Å². The molecule has 0 bridgehead atoms. The molecule has 0 radical (unpaired) electrons. The molecule has 140 valence electrons. The smallest absolute Gasteiger partial charge is 0.244 e. The molecule has 0 aliphatic carbocycles. The molecule has 4 nitrogen and oxygen atoms in total. The summed E-state index contributed by atoms with van der Waals surface area (Å²) in [4.78, 5) is 2.61. The number of nitrogens with zero attached hydrogens (tertiary/aromatic N) is 2. The first-order chi connectivity index (χ1) is 12.3. The highest BCUT2D eigenvalue weighted by atomic mass is 79.9. The summed E-state index contributed by atoms with van der Waals surface area (Å²) in [5.74, 6) is 0. The second-order valence-corrected chi connectivity index (χ2v) is 9.54. The van der Waals surface area contributed by atoms with Gasteiger partial charge in [0, 0.05) is 36.3 Å². The first-order valence-electron chi connectivity index (χ1n) is 8.93. The van der Waals surface area contributed by atoms with Gasteiger partial charge >= 0.3 is 0 Å². The van der Waals surface area contributed by atoms with E-state index < -0.39 is 10.0 Å². The average Bonchev–Trinajstić information content (AvgIpc) is 2.65. The number of benzene rings is 2. The SMILES string of the molecule is CCc1ccc(N2CCN(S(=O)(=O)c3cc(C)c(C)cc3Br)CC2)cc1. The Kier molecular flexibility index (Phi) is 5.75. The van der Waals surface area contributed by atoms with Crippen LogP contribution < -0.4 is 4.90 Å². The van der Waals surface area contributed by atoms with Crippen molar-refractivity contribution in [2.45, 2.75) is 32.1 Å². The topological polar surface area (TPSA) is 40.6 Å². The molecule has 0 spiro atoms. The Labute approximate surface area is 165 Å². The van der Waals surface area contributed by atoms with Crippen LogP contribution in [0.25, 0.3) is 0 Å². The summed E-state index contributed by atoms with van der Waals surface area (Å²) in [6, 6.07) is 12.2. The molecule has 1 saturated heterocycles. The van der Waals surface area contributed by atoms with E-state index in [-0.39, 0.29) is 0 Å². The van der Waals surface area contributed by atoms with Crippen LogP contribution in [0.2, 0.25) is 0 Å². The van der Waals surface area contributed by atoms with Crippen LogP contribution in [-0.4, -0.2) is 38.9 Å². The molecule has 0 N–H and O–H groups in total. The first kappa shape index (κ1) is 19.4. The van der Waals surface area contributed by atoms with Crippen LogP contribution in [0.4, 0.5) is 5.69 Å². The van der Waals surface area contributed by atoms with E-state index in [2.05, 4.69) is 52.0 Å². The lowest BCUT2D eigenvalue weighted by Crippen LogP contribution is -2.48. The third-order valence-corrected chi connectivity index (χ3v) is 7.97. The van der Waals surface area contributed by atoms with Crippen molar-refractivity contribution in [3.05, 3.63) is 57.6 Å². The molecule has 0 amide bonds. The number of anilines is 1. The summed E-state index contributed by atoms with van der Waals surface area (Å²) in [6.07, 6.45) is 1.02. The minimum Gasteiger partial charge on any atom is -0.369 e. The van der Waals surface area contributed by atoms with Crippen molar-refractivity contribution in [1.29, 1.82) is 0 Å². The lowest BCUT2D eigenvalue weighted by molar-refractivity contribution is 0.384. The van der Waals surface area contributed by atoms with E-state index in [1.54, 1.807) is 10.4 Å². The number of sulfonamides is 1. The maximum Gasteiger partial charge on any atom is 0.244 e. The fraction of sp³-hybridized carbons (Fsp3) is 0.400. The number of hydrogen-bond donors (Lipinski definition) is 0. The third-order valence-electron chi connectivity index (χ3n) is 5.11. The third kappa shape index (κ3) is 3.82. The zero-order chi connectivity index (χ0) is 18.9. The number of hydrogen-bond acceptors (Lipinski definition) is 3. The van der Waals surface area contributed by atoms with Gasteiger partial charge in [-0.3, -0.25) is 0 Å². The fourth-order valence-electron chi connectivity index (χ4n) is 3.22. The van der Waals surface area contributed by atoms with Gasteiger partial charge in [0.1, 0.15) is 0 Å². The largest absolute Gasteiger partial charge is 0.369 e. The number of piperazine rings is 1. The molecule has 1 aliphatic rings. The molecule has 26 heavy (non-hydrogen) atoms. The summed E-state index contributed by atoms with van der Waals surface area (Å²) in [6.45, 7) is 8.47. The Bertz CT molecular complexity index is 887. The zero-order valence-corrected chi connectivity index (χ0v) is 17.9. The Morgan fingerprint density at radius 2 is 1.54 bits per heavy atom. The van der Waals surface area contributed by atoms with Gasteiger partial charge in [0.15, 0.2) is 0 Å². The molecule has 2 aromatic rings. The highest BCUT2D eigenvalue weighted by molar-refractivity contribution is 9.10. The number of halogens is 1. The molecule has 0 atom stereocenters. The van der Waals surface area contributed by atoms with Gasteiger partial charge in [0.2, 0.25) is 10.0 Å².